The summed E-state index contributed by atoms with van der Waals surface area (Å²) in [5.74, 6) is 0.150. The van der Waals surface area contributed by atoms with Gasteiger partial charge in [0.05, 0.1) is 16.8 Å². The summed E-state index contributed by atoms with van der Waals surface area (Å²) in [6.07, 6.45) is 5.73. The number of rotatable bonds is 6. The first-order valence-electron chi connectivity index (χ1n) is 12.1. The van der Waals surface area contributed by atoms with Crippen molar-refractivity contribution in [1.82, 2.24) is 19.8 Å². The van der Waals surface area contributed by atoms with Gasteiger partial charge in [-0.2, -0.15) is 0 Å². The summed E-state index contributed by atoms with van der Waals surface area (Å²) in [5.41, 5.74) is 4.36. The summed E-state index contributed by atoms with van der Waals surface area (Å²) >= 11 is 0. The normalized spacial score (nSPS) is 13.7. The van der Waals surface area contributed by atoms with Gasteiger partial charge in [-0.3, -0.25) is 14.6 Å². The molecule has 1 fully saturated rings. The number of piperazine rings is 1. The van der Waals surface area contributed by atoms with Gasteiger partial charge in [0.2, 0.25) is 5.91 Å². The molecule has 1 saturated heterocycles. The Bertz CT molecular complexity index is 1320. The van der Waals surface area contributed by atoms with Gasteiger partial charge in [0.15, 0.2) is 0 Å². The number of hydrogen-bond acceptors (Lipinski definition) is 4. The van der Waals surface area contributed by atoms with Crippen molar-refractivity contribution in [3.63, 3.8) is 0 Å². The number of aryl methyl sites for hydroxylation is 1. The van der Waals surface area contributed by atoms with Crippen molar-refractivity contribution in [3.05, 3.63) is 96.3 Å². The Kier molecular flexibility index (Phi) is 6.80. The summed E-state index contributed by atoms with van der Waals surface area (Å²) in [6, 6.07) is 23.7. The van der Waals surface area contributed by atoms with E-state index in [-0.39, 0.29) is 11.8 Å². The number of pyridine rings is 2. The largest absolute Gasteiger partial charge is 0.339 e. The second-order valence-electron chi connectivity index (χ2n) is 8.82. The second kappa shape index (κ2) is 10.5. The highest BCUT2D eigenvalue weighted by Gasteiger charge is 2.26. The third-order valence-corrected chi connectivity index (χ3v) is 6.54. The topological polar surface area (TPSA) is 66.4 Å². The van der Waals surface area contributed by atoms with Crippen LogP contribution in [0.3, 0.4) is 0 Å². The van der Waals surface area contributed by atoms with E-state index in [1.807, 2.05) is 70.5 Å². The maximum Gasteiger partial charge on any atom is 0.254 e. The highest BCUT2D eigenvalue weighted by Crippen LogP contribution is 2.26. The van der Waals surface area contributed by atoms with E-state index < -0.39 is 0 Å². The predicted molar refractivity (Wildman–Crippen MR) is 137 cm³/mol. The highest BCUT2D eigenvalue weighted by atomic mass is 16.2. The standard InChI is InChI=1S/C29H28N4O2/c34-28(12-6-9-22-7-2-1-3-8-22)32-17-19-33(20-18-32)29(35)25-21-27(23-13-15-30-16-14-23)31-26-11-5-4-10-24(25)26/h1-5,7-8,10-11,13-16,21H,6,9,12,17-20H2. The SMILES string of the molecule is O=C(CCCc1ccccc1)N1CCN(C(=O)c2cc(-c3ccncc3)nc3ccccc23)CC1. The third-order valence-electron chi connectivity index (χ3n) is 6.54. The minimum absolute atomic E-state index is 0.0184. The molecule has 5 rings (SSSR count). The lowest BCUT2D eigenvalue weighted by atomic mass is 10.0. The minimum Gasteiger partial charge on any atom is -0.339 e. The molecule has 3 heterocycles. The zero-order chi connectivity index (χ0) is 24.0. The van der Waals surface area contributed by atoms with Crippen molar-refractivity contribution < 1.29 is 9.59 Å². The predicted octanol–water partition coefficient (Wildman–Crippen LogP) is 4.60. The maximum atomic E-state index is 13.6. The van der Waals surface area contributed by atoms with Gasteiger partial charge in [-0.05, 0) is 42.7 Å². The van der Waals surface area contributed by atoms with Crippen molar-refractivity contribution in [2.75, 3.05) is 26.2 Å². The number of carbonyl (C=O) groups excluding carboxylic acids is 2. The average Bonchev–Trinajstić information content (AvgIpc) is 2.93. The van der Waals surface area contributed by atoms with Gasteiger partial charge in [-0.15, -0.1) is 0 Å². The molecule has 176 valence electrons. The Morgan fingerprint density at radius 2 is 1.49 bits per heavy atom. The number of carbonyl (C=O) groups is 2. The fraction of sp³-hybridized carbons (Fsp3) is 0.241. The van der Waals surface area contributed by atoms with Crippen LogP contribution in [0.2, 0.25) is 0 Å². The lowest BCUT2D eigenvalue weighted by molar-refractivity contribution is -0.132. The van der Waals surface area contributed by atoms with Crippen molar-refractivity contribution in [3.8, 4) is 11.3 Å². The molecule has 0 radical (unpaired) electrons. The molecule has 0 atom stereocenters. The van der Waals surface area contributed by atoms with Crippen LogP contribution in [0.5, 0.6) is 0 Å². The van der Waals surface area contributed by atoms with Crippen molar-refractivity contribution >= 4 is 22.7 Å². The molecule has 0 N–H and O–H groups in total. The summed E-state index contributed by atoms with van der Waals surface area (Å²) in [5, 5.41) is 0.842. The van der Waals surface area contributed by atoms with Crippen LogP contribution in [-0.4, -0.2) is 57.8 Å². The number of hydrogen-bond donors (Lipinski definition) is 0. The van der Waals surface area contributed by atoms with E-state index >= 15 is 0 Å². The molecule has 2 aromatic heterocycles. The zero-order valence-corrected chi connectivity index (χ0v) is 19.6. The Hall–Kier alpha value is -4.06. The van der Waals surface area contributed by atoms with Gasteiger partial charge >= 0.3 is 0 Å². The summed E-state index contributed by atoms with van der Waals surface area (Å²) in [4.78, 5) is 38.9. The molecule has 2 amide bonds. The van der Waals surface area contributed by atoms with Gasteiger partial charge in [0.1, 0.15) is 0 Å². The van der Waals surface area contributed by atoms with Crippen molar-refractivity contribution in [1.29, 1.82) is 0 Å². The molecule has 0 bridgehead atoms. The number of para-hydroxylation sites is 1. The quantitative estimate of drug-likeness (QED) is 0.418. The number of fused-ring (bicyclic) bond motifs is 1. The van der Waals surface area contributed by atoms with Crippen LogP contribution in [0.1, 0.15) is 28.8 Å². The molecular weight excluding hydrogens is 436 g/mol. The molecule has 1 aliphatic heterocycles. The Labute approximate surface area is 205 Å². The average molecular weight is 465 g/mol. The number of benzene rings is 2. The number of nitrogens with zero attached hydrogens (tertiary/aromatic N) is 4. The molecule has 0 unspecified atom stereocenters. The highest BCUT2D eigenvalue weighted by molar-refractivity contribution is 6.07. The molecular formula is C29H28N4O2. The number of aromatic nitrogens is 2. The van der Waals surface area contributed by atoms with Crippen molar-refractivity contribution in [2.45, 2.75) is 19.3 Å². The Balaban J connectivity index is 1.25. The van der Waals surface area contributed by atoms with Crippen LogP contribution in [-0.2, 0) is 11.2 Å². The Morgan fingerprint density at radius 3 is 2.26 bits per heavy atom. The van der Waals surface area contributed by atoms with Crippen LogP contribution in [0.15, 0.2) is 85.2 Å². The molecule has 35 heavy (non-hydrogen) atoms. The fourth-order valence-electron chi connectivity index (χ4n) is 4.60. The van der Waals surface area contributed by atoms with Gasteiger partial charge in [0.25, 0.3) is 5.91 Å². The summed E-state index contributed by atoms with van der Waals surface area (Å²) < 4.78 is 0. The summed E-state index contributed by atoms with van der Waals surface area (Å²) in [6.45, 7) is 2.20. The van der Waals surface area contributed by atoms with Crippen LogP contribution < -0.4 is 0 Å². The molecule has 1 aliphatic rings. The molecule has 0 aliphatic carbocycles. The first kappa shape index (κ1) is 22.7. The lowest BCUT2D eigenvalue weighted by Gasteiger charge is -2.35. The third kappa shape index (κ3) is 5.22. The second-order valence-corrected chi connectivity index (χ2v) is 8.82. The van der Waals surface area contributed by atoms with E-state index in [4.69, 9.17) is 4.98 Å². The van der Waals surface area contributed by atoms with E-state index in [9.17, 15) is 9.59 Å². The number of amides is 2. The van der Waals surface area contributed by atoms with Crippen LogP contribution >= 0.6 is 0 Å². The molecule has 6 nitrogen and oxygen atoms in total. The first-order chi connectivity index (χ1) is 17.2. The molecule has 2 aromatic carbocycles. The smallest absolute Gasteiger partial charge is 0.254 e. The van der Waals surface area contributed by atoms with E-state index in [2.05, 4.69) is 17.1 Å². The zero-order valence-electron chi connectivity index (χ0n) is 19.6. The fourth-order valence-corrected chi connectivity index (χ4v) is 4.60. The minimum atomic E-state index is -0.0184. The van der Waals surface area contributed by atoms with Crippen molar-refractivity contribution in [2.24, 2.45) is 0 Å². The molecule has 4 aromatic rings. The van der Waals surface area contributed by atoms with Crippen LogP contribution in [0, 0.1) is 0 Å². The van der Waals surface area contributed by atoms with E-state index in [1.54, 1.807) is 12.4 Å². The van der Waals surface area contributed by atoms with E-state index in [1.165, 1.54) is 5.56 Å². The maximum absolute atomic E-state index is 13.6. The Morgan fingerprint density at radius 1 is 0.800 bits per heavy atom. The van der Waals surface area contributed by atoms with Gasteiger partial charge < -0.3 is 9.80 Å². The molecule has 6 heteroatoms. The van der Waals surface area contributed by atoms with E-state index in [0.29, 0.717) is 38.2 Å². The van der Waals surface area contributed by atoms with E-state index in [0.717, 1.165) is 35.0 Å². The van der Waals surface area contributed by atoms with Gasteiger partial charge in [0, 0.05) is 55.9 Å². The summed E-state index contributed by atoms with van der Waals surface area (Å²) in [7, 11) is 0. The van der Waals surface area contributed by atoms with Crippen LogP contribution in [0.4, 0.5) is 0 Å². The molecule has 0 spiro atoms. The lowest BCUT2D eigenvalue weighted by Crippen LogP contribution is -2.50. The monoisotopic (exact) mass is 464 g/mol. The van der Waals surface area contributed by atoms with Crippen LogP contribution in [0.25, 0.3) is 22.2 Å². The first-order valence-corrected chi connectivity index (χ1v) is 12.1. The molecule has 0 saturated carbocycles. The van der Waals surface area contributed by atoms with Gasteiger partial charge in [-0.1, -0.05) is 48.5 Å². The van der Waals surface area contributed by atoms with Gasteiger partial charge in [-0.25, -0.2) is 4.98 Å².